The molecule has 0 unspecified atom stereocenters. The van der Waals surface area contributed by atoms with Crippen LogP contribution in [0.1, 0.15) is 15.9 Å². The lowest BCUT2D eigenvalue weighted by atomic mass is 9.92. The van der Waals surface area contributed by atoms with Crippen molar-refractivity contribution in [3.8, 4) is 5.75 Å². The third kappa shape index (κ3) is 2.23. The number of anilines is 3. The number of para-hydroxylation sites is 2. The average Bonchev–Trinajstić information content (AvgIpc) is 2.97. The van der Waals surface area contributed by atoms with Gasteiger partial charge < -0.3 is 15.0 Å². The maximum atomic E-state index is 13.7. The van der Waals surface area contributed by atoms with Crippen molar-refractivity contribution in [2.45, 2.75) is 5.66 Å². The lowest BCUT2D eigenvalue weighted by molar-refractivity contribution is -0.121. The molecule has 2 heterocycles. The molecule has 0 aliphatic carbocycles. The van der Waals surface area contributed by atoms with Crippen LogP contribution in [0.25, 0.3) is 0 Å². The molecule has 2 amide bonds. The number of nitrogens with one attached hydrogen (secondary N) is 1. The summed E-state index contributed by atoms with van der Waals surface area (Å²) in [5.74, 6) is 0.145. The summed E-state index contributed by atoms with van der Waals surface area (Å²) in [7, 11) is 3.30. The number of carbonyl (C=O) groups is 2. The van der Waals surface area contributed by atoms with E-state index < -0.39 is 5.66 Å². The molecule has 2 aliphatic heterocycles. The van der Waals surface area contributed by atoms with Gasteiger partial charge in [0.1, 0.15) is 5.75 Å². The molecule has 5 rings (SSSR count). The summed E-state index contributed by atoms with van der Waals surface area (Å²) >= 11 is 0. The number of carbonyl (C=O) groups excluding carboxylic acids is 2. The predicted octanol–water partition coefficient (Wildman–Crippen LogP) is 3.60. The first-order chi connectivity index (χ1) is 14.1. The number of hydrogen-bond donors (Lipinski definition) is 1. The normalized spacial score (nSPS) is 19.8. The van der Waals surface area contributed by atoms with Crippen molar-refractivity contribution in [1.82, 2.24) is 0 Å². The van der Waals surface area contributed by atoms with Gasteiger partial charge in [-0.3, -0.25) is 14.5 Å². The monoisotopic (exact) mass is 385 g/mol. The zero-order valence-corrected chi connectivity index (χ0v) is 16.0. The van der Waals surface area contributed by atoms with Crippen molar-refractivity contribution < 1.29 is 14.3 Å². The van der Waals surface area contributed by atoms with E-state index >= 15 is 0 Å². The van der Waals surface area contributed by atoms with E-state index in [4.69, 9.17) is 4.74 Å². The van der Waals surface area contributed by atoms with Gasteiger partial charge in [0.2, 0.25) is 5.66 Å². The van der Waals surface area contributed by atoms with E-state index in [2.05, 4.69) is 5.32 Å². The van der Waals surface area contributed by atoms with Crippen LogP contribution in [0, 0.1) is 0 Å². The number of fused-ring (bicyclic) bond motifs is 3. The molecule has 0 saturated heterocycles. The van der Waals surface area contributed by atoms with Gasteiger partial charge in [-0.2, -0.15) is 0 Å². The molecule has 144 valence electrons. The topological polar surface area (TPSA) is 61.9 Å². The van der Waals surface area contributed by atoms with Crippen LogP contribution >= 0.6 is 0 Å². The minimum atomic E-state index is -1.37. The molecule has 2 aliphatic rings. The Hall–Kier alpha value is -3.80. The molecule has 29 heavy (non-hydrogen) atoms. The maximum Gasteiger partial charge on any atom is 0.278 e. The van der Waals surface area contributed by atoms with Crippen LogP contribution in [0.15, 0.2) is 72.8 Å². The summed E-state index contributed by atoms with van der Waals surface area (Å²) in [6.07, 6.45) is 0. The molecule has 6 nitrogen and oxygen atoms in total. The van der Waals surface area contributed by atoms with Crippen LogP contribution in [0.4, 0.5) is 17.1 Å². The fourth-order valence-electron chi connectivity index (χ4n) is 4.24. The lowest BCUT2D eigenvalue weighted by Gasteiger charge is -2.44. The van der Waals surface area contributed by atoms with E-state index in [9.17, 15) is 9.59 Å². The van der Waals surface area contributed by atoms with Crippen molar-refractivity contribution in [3.05, 3.63) is 83.9 Å². The number of amides is 2. The zero-order chi connectivity index (χ0) is 20.2. The zero-order valence-electron chi connectivity index (χ0n) is 16.0. The van der Waals surface area contributed by atoms with Gasteiger partial charge >= 0.3 is 0 Å². The van der Waals surface area contributed by atoms with Crippen LogP contribution in [-0.4, -0.2) is 26.0 Å². The first kappa shape index (κ1) is 17.3. The van der Waals surface area contributed by atoms with Gasteiger partial charge in [-0.05, 0) is 30.3 Å². The molecule has 1 atom stereocenters. The smallest absolute Gasteiger partial charge is 0.278 e. The van der Waals surface area contributed by atoms with E-state index in [1.807, 2.05) is 60.7 Å². The van der Waals surface area contributed by atoms with Crippen LogP contribution in [0.5, 0.6) is 5.75 Å². The van der Waals surface area contributed by atoms with Crippen molar-refractivity contribution in [3.63, 3.8) is 0 Å². The third-order valence-corrected chi connectivity index (χ3v) is 5.59. The molecule has 0 radical (unpaired) electrons. The first-order valence-electron chi connectivity index (χ1n) is 9.31. The van der Waals surface area contributed by atoms with Gasteiger partial charge in [0.05, 0.1) is 24.0 Å². The van der Waals surface area contributed by atoms with Crippen molar-refractivity contribution >= 4 is 28.9 Å². The van der Waals surface area contributed by atoms with Crippen LogP contribution in [0.3, 0.4) is 0 Å². The summed E-state index contributed by atoms with van der Waals surface area (Å²) in [5.41, 5.74) is 1.86. The fourth-order valence-corrected chi connectivity index (χ4v) is 4.24. The summed E-state index contributed by atoms with van der Waals surface area (Å²) in [4.78, 5) is 30.5. The van der Waals surface area contributed by atoms with Gasteiger partial charge in [-0.25, -0.2) is 0 Å². The Balaban J connectivity index is 1.83. The number of nitrogens with zero attached hydrogens (tertiary/aromatic N) is 2. The second kappa shape index (κ2) is 6.10. The molecule has 0 aromatic heterocycles. The summed E-state index contributed by atoms with van der Waals surface area (Å²) < 4.78 is 5.37. The van der Waals surface area contributed by atoms with Gasteiger partial charge in [0.25, 0.3) is 11.8 Å². The molecule has 3 aromatic carbocycles. The standard InChI is InChI=1S/C23H19N3O3/c1-25-20-13-6-4-11-18(20)23(22(25)28)24-19-12-5-3-10-17(19)21(27)26(23)15-8-7-9-16(14-15)29-2/h3-14,24H,1-2H3/t23-/m0/s1. The highest BCUT2D eigenvalue weighted by molar-refractivity contribution is 6.22. The van der Waals surface area contributed by atoms with Gasteiger partial charge in [-0.15, -0.1) is 0 Å². The minimum Gasteiger partial charge on any atom is -0.497 e. The predicted molar refractivity (Wildman–Crippen MR) is 111 cm³/mol. The van der Waals surface area contributed by atoms with E-state index in [0.717, 1.165) is 11.3 Å². The van der Waals surface area contributed by atoms with E-state index in [1.165, 1.54) is 0 Å². The van der Waals surface area contributed by atoms with Crippen molar-refractivity contribution in [2.24, 2.45) is 0 Å². The van der Waals surface area contributed by atoms with Crippen LogP contribution in [0.2, 0.25) is 0 Å². The molecular formula is C23H19N3O3. The second-order valence-corrected chi connectivity index (χ2v) is 7.10. The molecule has 0 fully saturated rings. The summed E-state index contributed by atoms with van der Waals surface area (Å²) in [6.45, 7) is 0. The number of rotatable bonds is 2. The van der Waals surface area contributed by atoms with E-state index in [1.54, 1.807) is 36.1 Å². The number of methoxy groups -OCH3 is 1. The number of ether oxygens (including phenoxy) is 1. The van der Waals surface area contributed by atoms with Gasteiger partial charge in [0.15, 0.2) is 0 Å². The van der Waals surface area contributed by atoms with E-state index in [0.29, 0.717) is 22.7 Å². The molecular weight excluding hydrogens is 366 g/mol. The molecule has 0 bridgehead atoms. The number of likely N-dealkylation sites (N-methyl/N-ethyl adjacent to an activating group) is 1. The highest BCUT2D eigenvalue weighted by atomic mass is 16.5. The largest absolute Gasteiger partial charge is 0.497 e. The minimum absolute atomic E-state index is 0.218. The van der Waals surface area contributed by atoms with Crippen LogP contribution < -0.4 is 19.9 Å². The summed E-state index contributed by atoms with van der Waals surface area (Å²) in [5, 5.41) is 3.40. The SMILES string of the molecule is COc1cccc(N2C(=O)c3ccccc3N[C@]23C(=O)N(C)c2ccccc23)c1. The van der Waals surface area contributed by atoms with Crippen molar-refractivity contribution in [1.29, 1.82) is 0 Å². The Morgan fingerprint density at radius 2 is 1.69 bits per heavy atom. The Morgan fingerprint density at radius 3 is 2.52 bits per heavy atom. The Kier molecular flexibility index (Phi) is 3.64. The van der Waals surface area contributed by atoms with Gasteiger partial charge in [-0.1, -0.05) is 36.4 Å². The Morgan fingerprint density at radius 1 is 0.931 bits per heavy atom. The number of hydrogen-bond acceptors (Lipinski definition) is 4. The molecule has 1 spiro atoms. The third-order valence-electron chi connectivity index (χ3n) is 5.59. The van der Waals surface area contributed by atoms with Crippen molar-refractivity contribution in [2.75, 3.05) is 29.3 Å². The molecule has 0 saturated carbocycles. The molecule has 6 heteroatoms. The second-order valence-electron chi connectivity index (χ2n) is 7.10. The number of benzene rings is 3. The average molecular weight is 385 g/mol. The quantitative estimate of drug-likeness (QED) is 0.732. The Labute approximate surface area is 168 Å². The fraction of sp³-hybridized carbons (Fsp3) is 0.130. The molecule has 3 aromatic rings. The highest BCUT2D eigenvalue weighted by Crippen LogP contribution is 2.49. The Bertz CT molecular complexity index is 1160. The highest BCUT2D eigenvalue weighted by Gasteiger charge is 2.58. The first-order valence-corrected chi connectivity index (χ1v) is 9.31. The lowest BCUT2D eigenvalue weighted by Crippen LogP contribution is -2.62. The van der Waals surface area contributed by atoms with Gasteiger partial charge in [0, 0.05) is 24.4 Å². The molecule has 1 N–H and O–H groups in total. The summed E-state index contributed by atoms with van der Waals surface area (Å²) in [6, 6.07) is 22.0. The van der Waals surface area contributed by atoms with E-state index in [-0.39, 0.29) is 11.8 Å². The maximum absolute atomic E-state index is 13.7. The van der Waals surface area contributed by atoms with Crippen LogP contribution in [-0.2, 0) is 10.5 Å².